The minimum atomic E-state index is -1.06. The number of rotatable bonds is 23. The molecule has 0 aliphatic heterocycles. The summed E-state index contributed by atoms with van der Waals surface area (Å²) in [7, 11) is 0. The van der Waals surface area contributed by atoms with Gasteiger partial charge in [0.05, 0.1) is 0 Å². The van der Waals surface area contributed by atoms with E-state index < -0.39 is 29.7 Å². The molecule has 0 fully saturated rings. The number of halogens is 3. The summed E-state index contributed by atoms with van der Waals surface area (Å²) < 4.78 is 76.7. The van der Waals surface area contributed by atoms with Gasteiger partial charge in [0.15, 0.2) is 11.6 Å². The molecule has 0 radical (unpaired) electrons. The SMILES string of the molecule is CCCCCC[C@H](OC(=S)Oc1ccccc1)[C@H](C)CC[C@H](OC(=S)Oc1ccc(F)cc1)[C@H](C)CC[C@H](OC(=S)Oc1ccc(F)c(F)c1)[C@H](C)CCCO. The Morgan fingerprint density at radius 1 is 0.536 bits per heavy atom. The molecule has 0 spiro atoms. The number of ether oxygens (including phenoxy) is 6. The highest BCUT2D eigenvalue weighted by Crippen LogP contribution is 2.29. The summed E-state index contributed by atoms with van der Waals surface area (Å²) in [5, 5.41) is 9.27. The molecule has 0 bridgehead atoms. The Balaban J connectivity index is 1.74. The van der Waals surface area contributed by atoms with Crippen molar-refractivity contribution in [1.29, 1.82) is 0 Å². The zero-order valence-corrected chi connectivity index (χ0v) is 35.1. The van der Waals surface area contributed by atoms with Gasteiger partial charge in [-0.3, -0.25) is 0 Å². The molecule has 3 aromatic carbocycles. The van der Waals surface area contributed by atoms with E-state index in [1.54, 1.807) is 0 Å². The lowest BCUT2D eigenvalue weighted by atomic mass is 9.87. The van der Waals surface area contributed by atoms with Gasteiger partial charge in [-0.05, 0) is 118 Å². The number of hydrogen-bond donors (Lipinski definition) is 1. The lowest BCUT2D eigenvalue weighted by Gasteiger charge is -2.30. The first-order valence-electron chi connectivity index (χ1n) is 19.4. The van der Waals surface area contributed by atoms with Crippen LogP contribution in [0, 0.1) is 35.2 Å². The highest BCUT2D eigenvalue weighted by Gasteiger charge is 2.29. The molecule has 0 aliphatic rings. The highest BCUT2D eigenvalue weighted by molar-refractivity contribution is 7.80. The molecule has 0 amide bonds. The first-order valence-corrected chi connectivity index (χ1v) is 20.6. The topological polar surface area (TPSA) is 75.6 Å². The maximum absolute atomic E-state index is 13.8. The quantitative estimate of drug-likeness (QED) is 0.0737. The van der Waals surface area contributed by atoms with Crippen molar-refractivity contribution >= 4 is 52.4 Å². The molecule has 308 valence electrons. The van der Waals surface area contributed by atoms with Gasteiger partial charge in [0.2, 0.25) is 0 Å². The van der Waals surface area contributed by atoms with E-state index in [1.807, 2.05) is 37.3 Å². The van der Waals surface area contributed by atoms with Gasteiger partial charge in [0.25, 0.3) is 0 Å². The lowest BCUT2D eigenvalue weighted by molar-refractivity contribution is 0.0490. The molecule has 56 heavy (non-hydrogen) atoms. The maximum atomic E-state index is 13.8. The monoisotopic (exact) mass is 836 g/mol. The summed E-state index contributed by atoms with van der Waals surface area (Å²) in [6.07, 6.45) is 7.80. The molecule has 13 heteroatoms. The Bertz CT molecular complexity index is 1620. The van der Waals surface area contributed by atoms with E-state index in [-0.39, 0.29) is 51.9 Å². The Kier molecular flexibility index (Phi) is 21.5. The number of benzene rings is 3. The Hall–Kier alpha value is -3.52. The number of para-hydroxylation sites is 1. The average molecular weight is 837 g/mol. The molecule has 0 aromatic heterocycles. The lowest BCUT2D eigenvalue weighted by Crippen LogP contribution is -2.32. The largest absolute Gasteiger partial charge is 0.453 e. The molecule has 0 saturated heterocycles. The summed E-state index contributed by atoms with van der Waals surface area (Å²) in [4.78, 5) is 0. The van der Waals surface area contributed by atoms with Crippen molar-refractivity contribution in [3.8, 4) is 17.2 Å². The van der Waals surface area contributed by atoms with E-state index >= 15 is 0 Å². The average Bonchev–Trinajstić information content (AvgIpc) is 3.17. The molecule has 1 N–H and O–H groups in total. The molecule has 6 atom stereocenters. The van der Waals surface area contributed by atoms with Crippen LogP contribution in [0.3, 0.4) is 0 Å². The van der Waals surface area contributed by atoms with Crippen molar-refractivity contribution in [2.75, 3.05) is 6.61 Å². The van der Waals surface area contributed by atoms with Crippen LogP contribution < -0.4 is 14.2 Å². The summed E-state index contributed by atoms with van der Waals surface area (Å²) in [5.74, 6) is -1.52. The van der Waals surface area contributed by atoms with E-state index in [0.717, 1.165) is 44.2 Å². The van der Waals surface area contributed by atoms with Crippen LogP contribution >= 0.6 is 36.7 Å². The number of aliphatic hydroxyl groups excluding tert-OH is 1. The minimum Gasteiger partial charge on any atom is -0.453 e. The first-order chi connectivity index (χ1) is 26.9. The second-order valence-electron chi connectivity index (χ2n) is 14.2. The van der Waals surface area contributed by atoms with Gasteiger partial charge in [0.1, 0.15) is 41.4 Å². The molecule has 0 saturated carbocycles. The number of hydrogen-bond acceptors (Lipinski definition) is 10. The van der Waals surface area contributed by atoms with Crippen molar-refractivity contribution in [2.45, 2.75) is 117 Å². The van der Waals surface area contributed by atoms with Gasteiger partial charge in [0, 0.05) is 49.3 Å². The van der Waals surface area contributed by atoms with Gasteiger partial charge in [-0.25, -0.2) is 13.2 Å². The smallest absolute Gasteiger partial charge is 0.358 e. The van der Waals surface area contributed by atoms with E-state index in [4.69, 9.17) is 65.1 Å². The second-order valence-corrected chi connectivity index (χ2v) is 15.2. The molecule has 7 nitrogen and oxygen atoms in total. The Morgan fingerprint density at radius 3 is 1.54 bits per heavy atom. The second kappa shape index (κ2) is 25.7. The van der Waals surface area contributed by atoms with Crippen molar-refractivity contribution < 1.29 is 46.7 Å². The third-order valence-corrected chi connectivity index (χ3v) is 10.2. The Labute approximate surface area is 346 Å². The highest BCUT2D eigenvalue weighted by atomic mass is 32.1. The van der Waals surface area contributed by atoms with Crippen LogP contribution in [-0.2, 0) is 14.2 Å². The van der Waals surface area contributed by atoms with Crippen LogP contribution in [0.4, 0.5) is 13.2 Å². The summed E-state index contributed by atoms with van der Waals surface area (Å²) in [6.45, 7) is 8.38. The summed E-state index contributed by atoms with van der Waals surface area (Å²) >= 11 is 16.4. The van der Waals surface area contributed by atoms with Crippen LogP contribution in [0.5, 0.6) is 17.2 Å². The van der Waals surface area contributed by atoms with Crippen molar-refractivity contribution in [3.05, 3.63) is 90.2 Å². The molecule has 0 aliphatic carbocycles. The van der Waals surface area contributed by atoms with Gasteiger partial charge in [-0.1, -0.05) is 65.2 Å². The van der Waals surface area contributed by atoms with Crippen LogP contribution in [0.2, 0.25) is 0 Å². The first kappa shape index (κ1) is 46.9. The zero-order chi connectivity index (χ0) is 40.9. The van der Waals surface area contributed by atoms with Crippen LogP contribution in [0.15, 0.2) is 72.8 Å². The molecule has 3 rings (SSSR count). The van der Waals surface area contributed by atoms with E-state index in [1.165, 1.54) is 30.3 Å². The van der Waals surface area contributed by atoms with Crippen molar-refractivity contribution in [3.63, 3.8) is 0 Å². The van der Waals surface area contributed by atoms with Crippen LogP contribution in [-0.4, -0.2) is 45.7 Å². The number of unbranched alkanes of at least 4 members (excludes halogenated alkanes) is 3. The van der Waals surface area contributed by atoms with Gasteiger partial charge < -0.3 is 33.5 Å². The molecule has 0 unspecified atom stereocenters. The predicted molar refractivity (Wildman–Crippen MR) is 225 cm³/mol. The maximum Gasteiger partial charge on any atom is 0.358 e. The Morgan fingerprint density at radius 2 is 1.02 bits per heavy atom. The van der Waals surface area contributed by atoms with Crippen LogP contribution in [0.25, 0.3) is 0 Å². The molecule has 0 heterocycles. The normalized spacial score (nSPS) is 14.4. The van der Waals surface area contributed by atoms with Crippen LogP contribution in [0.1, 0.15) is 98.3 Å². The van der Waals surface area contributed by atoms with Crippen molar-refractivity contribution in [1.82, 2.24) is 0 Å². The number of aliphatic hydroxyl groups is 1. The van der Waals surface area contributed by atoms with Gasteiger partial charge in [-0.15, -0.1) is 0 Å². The molecular formula is C43H55F3O7S3. The third kappa shape index (κ3) is 17.7. The van der Waals surface area contributed by atoms with Gasteiger partial charge in [-0.2, -0.15) is 0 Å². The van der Waals surface area contributed by atoms with Gasteiger partial charge >= 0.3 is 15.7 Å². The van der Waals surface area contributed by atoms with E-state index in [9.17, 15) is 18.3 Å². The minimum absolute atomic E-state index is 0.0151. The van der Waals surface area contributed by atoms with Crippen molar-refractivity contribution in [2.24, 2.45) is 17.8 Å². The summed E-state index contributed by atoms with van der Waals surface area (Å²) in [5.41, 5.74) is 0. The standard InChI is InChI=1S/C43H55F3O7S3/c1-5-6-7-11-16-38(51-41(54)48-33-14-9-8-10-15-33)30(3)17-26-40(53-42(55)49-34-21-19-32(44)20-22-34)31(4)18-25-39(29(2)13-12-27-47)52-43(56)50-35-23-24-36(45)37(46)28-35/h8-10,14-15,19-24,28-31,38-40,47H,5-7,11-13,16-18,25-27H2,1-4H3/t29-,30-,31-,38+,39+,40+/m1/s1. The fourth-order valence-corrected chi connectivity index (χ4v) is 6.90. The van der Waals surface area contributed by atoms with E-state index in [2.05, 4.69) is 20.8 Å². The summed E-state index contributed by atoms with van der Waals surface area (Å²) in [6, 6.07) is 17.9. The zero-order valence-electron chi connectivity index (χ0n) is 32.6. The number of thiocarbonyl (C=S) groups is 3. The third-order valence-electron chi connectivity index (χ3n) is 9.67. The molecular weight excluding hydrogens is 782 g/mol. The fraction of sp³-hybridized carbons (Fsp3) is 0.512. The fourth-order valence-electron chi connectivity index (χ4n) is 6.24. The predicted octanol–water partition coefficient (Wildman–Crippen LogP) is 11.9. The van der Waals surface area contributed by atoms with E-state index in [0.29, 0.717) is 50.0 Å². The molecule has 3 aromatic rings.